The standard InChI is InChI=1S/C17H16N6O/c24-17-20-13-7-3-4-8-14(13)23(17)16-12-9-22(11-5-1-2-6-11)21-15(12)18-10-19-16/h3-4,7-11H,1-2,5-6H2,(H,20,24). The fourth-order valence-corrected chi connectivity index (χ4v) is 3.64. The molecule has 1 aromatic carbocycles. The number of aromatic amines is 1. The van der Waals surface area contributed by atoms with Crippen LogP contribution in [0.1, 0.15) is 31.7 Å². The first-order valence-corrected chi connectivity index (χ1v) is 8.21. The number of H-pyrrole nitrogens is 1. The van der Waals surface area contributed by atoms with E-state index in [2.05, 4.69) is 20.1 Å². The Morgan fingerprint density at radius 3 is 2.83 bits per heavy atom. The highest BCUT2D eigenvalue weighted by atomic mass is 16.1. The summed E-state index contributed by atoms with van der Waals surface area (Å²) >= 11 is 0. The quantitative estimate of drug-likeness (QED) is 0.615. The molecule has 0 bridgehead atoms. The lowest BCUT2D eigenvalue weighted by molar-refractivity contribution is 0.470. The number of rotatable bonds is 2. The summed E-state index contributed by atoms with van der Waals surface area (Å²) in [7, 11) is 0. The highest BCUT2D eigenvalue weighted by molar-refractivity contribution is 5.85. The predicted octanol–water partition coefficient (Wildman–Crippen LogP) is 2.57. The van der Waals surface area contributed by atoms with Crippen LogP contribution in [0, 0.1) is 0 Å². The molecule has 24 heavy (non-hydrogen) atoms. The van der Waals surface area contributed by atoms with Gasteiger partial charge in [-0.3, -0.25) is 4.68 Å². The van der Waals surface area contributed by atoms with E-state index in [1.165, 1.54) is 19.2 Å². The molecule has 0 amide bonds. The van der Waals surface area contributed by atoms with E-state index in [1.54, 1.807) is 4.57 Å². The third-order valence-corrected chi connectivity index (χ3v) is 4.81. The van der Waals surface area contributed by atoms with Gasteiger partial charge >= 0.3 is 5.69 Å². The van der Waals surface area contributed by atoms with Crippen molar-refractivity contribution in [1.29, 1.82) is 0 Å². The van der Waals surface area contributed by atoms with Crippen molar-refractivity contribution < 1.29 is 0 Å². The van der Waals surface area contributed by atoms with Gasteiger partial charge in [-0.25, -0.2) is 19.3 Å². The van der Waals surface area contributed by atoms with E-state index in [0.717, 1.165) is 29.3 Å². The highest BCUT2D eigenvalue weighted by Gasteiger charge is 2.21. The fourth-order valence-electron chi connectivity index (χ4n) is 3.64. The Labute approximate surface area is 137 Å². The van der Waals surface area contributed by atoms with Crippen molar-refractivity contribution in [3.05, 3.63) is 47.3 Å². The molecule has 4 aromatic rings. The molecule has 1 N–H and O–H groups in total. The first kappa shape index (κ1) is 13.5. The summed E-state index contributed by atoms with van der Waals surface area (Å²) in [6, 6.07) is 8.02. The SMILES string of the molecule is O=c1[nH]c2ccccc2n1-c1ncnc2nn(C3CCCC3)cc12. The second-order valence-corrected chi connectivity index (χ2v) is 6.26. The summed E-state index contributed by atoms with van der Waals surface area (Å²) in [4.78, 5) is 24.0. The number of benzene rings is 1. The molecule has 3 aromatic heterocycles. The molecular formula is C17H16N6O. The first-order chi connectivity index (χ1) is 11.8. The molecule has 1 aliphatic carbocycles. The third-order valence-electron chi connectivity index (χ3n) is 4.81. The molecule has 0 unspecified atom stereocenters. The van der Waals surface area contributed by atoms with Gasteiger partial charge in [-0.2, -0.15) is 5.10 Å². The Morgan fingerprint density at radius 2 is 1.96 bits per heavy atom. The Balaban J connectivity index is 1.77. The lowest BCUT2D eigenvalue weighted by atomic mass is 10.2. The van der Waals surface area contributed by atoms with Gasteiger partial charge in [0.1, 0.15) is 6.33 Å². The van der Waals surface area contributed by atoms with Gasteiger partial charge in [0.2, 0.25) is 0 Å². The van der Waals surface area contributed by atoms with Crippen molar-refractivity contribution in [2.45, 2.75) is 31.7 Å². The van der Waals surface area contributed by atoms with Gasteiger partial charge in [-0.1, -0.05) is 25.0 Å². The molecule has 7 heteroatoms. The molecule has 1 fully saturated rings. The van der Waals surface area contributed by atoms with E-state index in [1.807, 2.05) is 35.1 Å². The summed E-state index contributed by atoms with van der Waals surface area (Å²) in [5.74, 6) is 0.576. The molecule has 0 radical (unpaired) electrons. The molecule has 120 valence electrons. The molecule has 0 atom stereocenters. The average Bonchev–Trinajstić information content (AvgIpc) is 3.31. The van der Waals surface area contributed by atoms with E-state index in [9.17, 15) is 4.79 Å². The van der Waals surface area contributed by atoms with Gasteiger partial charge in [0.15, 0.2) is 11.5 Å². The van der Waals surface area contributed by atoms with E-state index < -0.39 is 0 Å². The molecular weight excluding hydrogens is 304 g/mol. The van der Waals surface area contributed by atoms with Crippen LogP contribution in [0.5, 0.6) is 0 Å². The maximum Gasteiger partial charge on any atom is 0.332 e. The van der Waals surface area contributed by atoms with Gasteiger partial charge in [0, 0.05) is 6.20 Å². The second-order valence-electron chi connectivity index (χ2n) is 6.26. The molecule has 1 saturated carbocycles. The van der Waals surface area contributed by atoms with E-state index in [0.29, 0.717) is 17.5 Å². The molecule has 0 saturated heterocycles. The largest absolute Gasteiger partial charge is 0.332 e. The number of hydrogen-bond acceptors (Lipinski definition) is 4. The van der Waals surface area contributed by atoms with Crippen LogP contribution in [-0.4, -0.2) is 29.3 Å². The maximum absolute atomic E-state index is 12.5. The average molecular weight is 320 g/mol. The Kier molecular flexibility index (Phi) is 2.82. The van der Waals surface area contributed by atoms with Crippen LogP contribution < -0.4 is 5.69 Å². The van der Waals surface area contributed by atoms with Gasteiger partial charge in [0.25, 0.3) is 0 Å². The summed E-state index contributed by atoms with van der Waals surface area (Å²) in [5, 5.41) is 5.42. The lowest BCUT2D eigenvalue weighted by Crippen LogP contribution is -2.16. The van der Waals surface area contributed by atoms with Crippen molar-refractivity contribution in [3.63, 3.8) is 0 Å². The monoisotopic (exact) mass is 320 g/mol. The lowest BCUT2D eigenvalue weighted by Gasteiger charge is -2.07. The molecule has 0 spiro atoms. The zero-order valence-corrected chi connectivity index (χ0v) is 13.0. The Bertz CT molecular complexity index is 1100. The van der Waals surface area contributed by atoms with Gasteiger partial charge in [0.05, 0.1) is 22.5 Å². The van der Waals surface area contributed by atoms with E-state index in [-0.39, 0.29) is 5.69 Å². The summed E-state index contributed by atoms with van der Waals surface area (Å²) in [6.07, 6.45) is 8.21. The summed E-state index contributed by atoms with van der Waals surface area (Å²) in [5.41, 5.74) is 2.02. The van der Waals surface area contributed by atoms with Crippen molar-refractivity contribution in [1.82, 2.24) is 29.3 Å². The highest BCUT2D eigenvalue weighted by Crippen LogP contribution is 2.30. The molecule has 0 aliphatic heterocycles. The van der Waals surface area contributed by atoms with Crippen LogP contribution in [-0.2, 0) is 0 Å². The second kappa shape index (κ2) is 5.02. The van der Waals surface area contributed by atoms with Gasteiger partial charge in [-0.15, -0.1) is 0 Å². The zero-order valence-electron chi connectivity index (χ0n) is 13.0. The number of imidazole rings is 1. The van der Waals surface area contributed by atoms with Crippen molar-refractivity contribution in [2.24, 2.45) is 0 Å². The minimum absolute atomic E-state index is 0.204. The number of para-hydroxylation sites is 2. The number of nitrogens with one attached hydrogen (secondary N) is 1. The molecule has 1 aliphatic rings. The smallest absolute Gasteiger partial charge is 0.305 e. The first-order valence-electron chi connectivity index (χ1n) is 8.21. The van der Waals surface area contributed by atoms with Crippen LogP contribution in [0.25, 0.3) is 27.9 Å². The maximum atomic E-state index is 12.5. The van der Waals surface area contributed by atoms with E-state index >= 15 is 0 Å². The van der Waals surface area contributed by atoms with E-state index in [4.69, 9.17) is 0 Å². The molecule has 7 nitrogen and oxygen atoms in total. The van der Waals surface area contributed by atoms with Gasteiger partial charge < -0.3 is 4.98 Å². The zero-order chi connectivity index (χ0) is 16.1. The minimum atomic E-state index is -0.204. The van der Waals surface area contributed by atoms with Crippen molar-refractivity contribution in [3.8, 4) is 5.82 Å². The van der Waals surface area contributed by atoms with Crippen LogP contribution in [0.2, 0.25) is 0 Å². The number of nitrogens with zero attached hydrogens (tertiary/aromatic N) is 5. The van der Waals surface area contributed by atoms with Crippen molar-refractivity contribution in [2.75, 3.05) is 0 Å². The number of hydrogen-bond donors (Lipinski definition) is 1. The third kappa shape index (κ3) is 1.90. The molecule has 5 rings (SSSR count). The summed E-state index contributed by atoms with van der Waals surface area (Å²) < 4.78 is 3.59. The molecule has 3 heterocycles. The van der Waals surface area contributed by atoms with Crippen molar-refractivity contribution >= 4 is 22.1 Å². The van der Waals surface area contributed by atoms with Gasteiger partial charge in [-0.05, 0) is 25.0 Å². The summed E-state index contributed by atoms with van der Waals surface area (Å²) in [6.45, 7) is 0. The normalized spacial score (nSPS) is 15.7. The van der Waals surface area contributed by atoms with Crippen LogP contribution >= 0.6 is 0 Å². The Hall–Kier alpha value is -2.96. The fraction of sp³-hybridized carbons (Fsp3) is 0.294. The van der Waals surface area contributed by atoms with Crippen LogP contribution in [0.3, 0.4) is 0 Å². The Morgan fingerprint density at radius 1 is 1.12 bits per heavy atom. The number of aromatic nitrogens is 6. The van der Waals surface area contributed by atoms with Crippen LogP contribution in [0.15, 0.2) is 41.6 Å². The minimum Gasteiger partial charge on any atom is -0.305 e. The topological polar surface area (TPSA) is 81.4 Å². The number of fused-ring (bicyclic) bond motifs is 2. The van der Waals surface area contributed by atoms with Crippen LogP contribution in [0.4, 0.5) is 0 Å². The predicted molar refractivity (Wildman–Crippen MR) is 90.3 cm³/mol.